The van der Waals surface area contributed by atoms with Crippen molar-refractivity contribution in [1.29, 1.82) is 0 Å². The summed E-state index contributed by atoms with van der Waals surface area (Å²) in [6.07, 6.45) is 6.53. The fourth-order valence-corrected chi connectivity index (χ4v) is 1.24. The highest BCUT2D eigenvalue weighted by Gasteiger charge is 2.14. The Bertz CT molecular complexity index is 411. The van der Waals surface area contributed by atoms with E-state index in [1.807, 2.05) is 14.0 Å². The zero-order valence-corrected chi connectivity index (χ0v) is 8.05. The molecule has 2 aromatic rings. The van der Waals surface area contributed by atoms with Crippen molar-refractivity contribution in [1.82, 2.24) is 20.1 Å². The van der Waals surface area contributed by atoms with Crippen LogP contribution in [0.25, 0.3) is 11.4 Å². The third-order valence-electron chi connectivity index (χ3n) is 1.97. The molecule has 0 saturated carbocycles. The summed E-state index contributed by atoms with van der Waals surface area (Å²) in [5.74, 6) is 0. The number of hydrogen-bond acceptors (Lipinski definition) is 4. The zero-order valence-electron chi connectivity index (χ0n) is 8.05. The van der Waals surface area contributed by atoms with Gasteiger partial charge in [0.2, 0.25) is 0 Å². The molecule has 0 saturated heterocycles. The summed E-state index contributed by atoms with van der Waals surface area (Å²) in [4.78, 5) is 12.1. The van der Waals surface area contributed by atoms with Crippen molar-refractivity contribution in [3.05, 3.63) is 30.6 Å². The fourth-order valence-electron chi connectivity index (χ4n) is 1.24. The zero-order chi connectivity index (χ0) is 9.97. The van der Waals surface area contributed by atoms with E-state index in [-0.39, 0.29) is 0 Å². The van der Waals surface area contributed by atoms with Gasteiger partial charge in [-0.15, -0.1) is 0 Å². The smallest absolute Gasteiger partial charge is 0.244 e. The van der Waals surface area contributed by atoms with Crippen LogP contribution in [0.5, 0.6) is 0 Å². The third-order valence-corrected chi connectivity index (χ3v) is 1.97. The fraction of sp³-hybridized carbons (Fsp3) is 0.222. The van der Waals surface area contributed by atoms with E-state index in [4.69, 9.17) is 0 Å². The van der Waals surface area contributed by atoms with Crippen molar-refractivity contribution in [2.75, 3.05) is 0 Å². The maximum absolute atomic E-state index is 4.20. The molecule has 0 amide bonds. The number of aromatic nitrogens is 5. The molecular weight excluding hydrogens is 178 g/mol. The lowest BCUT2D eigenvalue weighted by atomic mass is 10.2. The first-order chi connectivity index (χ1) is 6.79. The summed E-state index contributed by atoms with van der Waals surface area (Å²) in [7, 11) is 1.86. The Morgan fingerprint density at radius 1 is 1.14 bits per heavy atom. The van der Waals surface area contributed by atoms with Gasteiger partial charge in [-0.1, -0.05) is 4.68 Å². The van der Waals surface area contributed by atoms with Crippen LogP contribution in [0.2, 0.25) is 0 Å². The van der Waals surface area contributed by atoms with Crippen molar-refractivity contribution in [3.63, 3.8) is 0 Å². The number of hydrogen-bond donors (Lipinski definition) is 0. The molecule has 5 heteroatoms. The average molecular weight is 188 g/mol. The standard InChI is InChI=1S/C9H10N5/c1-7-3-10-5-12-9(7)8-4-11-6-13-14(8)2/h3-6H,1-2H3/q+1. The first-order valence-corrected chi connectivity index (χ1v) is 4.22. The molecule has 0 aliphatic carbocycles. The Balaban J connectivity index is 2.61. The normalized spacial score (nSPS) is 10.1. The van der Waals surface area contributed by atoms with E-state index in [0.29, 0.717) is 0 Å². The van der Waals surface area contributed by atoms with Gasteiger partial charge in [0.1, 0.15) is 18.2 Å². The van der Waals surface area contributed by atoms with Crippen LogP contribution >= 0.6 is 0 Å². The van der Waals surface area contributed by atoms with Crippen LogP contribution in [0.4, 0.5) is 0 Å². The van der Waals surface area contributed by atoms with Crippen LogP contribution in [-0.2, 0) is 7.05 Å². The SMILES string of the molecule is Cc1cncnc1-c1cncn[n+]1C. The van der Waals surface area contributed by atoms with Crippen molar-refractivity contribution < 1.29 is 4.68 Å². The second-order valence-corrected chi connectivity index (χ2v) is 2.97. The third kappa shape index (κ3) is 1.44. The molecule has 0 aromatic carbocycles. The van der Waals surface area contributed by atoms with Crippen molar-refractivity contribution in [2.45, 2.75) is 6.92 Å². The number of aryl methyl sites for hydroxylation is 2. The molecule has 0 spiro atoms. The lowest BCUT2D eigenvalue weighted by molar-refractivity contribution is -0.721. The van der Waals surface area contributed by atoms with Gasteiger partial charge in [0.25, 0.3) is 5.69 Å². The van der Waals surface area contributed by atoms with Crippen LogP contribution in [-0.4, -0.2) is 20.1 Å². The molecule has 0 atom stereocenters. The molecule has 0 bridgehead atoms. The van der Waals surface area contributed by atoms with Crippen LogP contribution in [0.15, 0.2) is 25.0 Å². The van der Waals surface area contributed by atoms with Crippen LogP contribution in [0.3, 0.4) is 0 Å². The Labute approximate surface area is 81.5 Å². The van der Waals surface area contributed by atoms with E-state index in [1.54, 1.807) is 17.1 Å². The molecule has 0 aliphatic rings. The van der Waals surface area contributed by atoms with Gasteiger partial charge < -0.3 is 0 Å². The van der Waals surface area contributed by atoms with E-state index in [9.17, 15) is 0 Å². The van der Waals surface area contributed by atoms with Crippen LogP contribution in [0.1, 0.15) is 5.56 Å². The summed E-state index contributed by atoms with van der Waals surface area (Å²) in [6.45, 7) is 1.96. The molecule has 70 valence electrons. The second-order valence-electron chi connectivity index (χ2n) is 2.97. The van der Waals surface area contributed by atoms with Gasteiger partial charge in [-0.05, 0) is 6.92 Å². The lowest BCUT2D eigenvalue weighted by Gasteiger charge is -1.98. The predicted molar refractivity (Wildman–Crippen MR) is 49.0 cm³/mol. The molecule has 0 unspecified atom stereocenters. The van der Waals surface area contributed by atoms with Crippen LogP contribution < -0.4 is 4.68 Å². The van der Waals surface area contributed by atoms with E-state index in [0.717, 1.165) is 17.0 Å². The van der Waals surface area contributed by atoms with E-state index in [1.165, 1.54) is 12.7 Å². The van der Waals surface area contributed by atoms with Crippen molar-refractivity contribution >= 4 is 0 Å². The monoisotopic (exact) mass is 188 g/mol. The Morgan fingerprint density at radius 2 is 1.93 bits per heavy atom. The van der Waals surface area contributed by atoms with Gasteiger partial charge >= 0.3 is 0 Å². The Kier molecular flexibility index (Phi) is 2.14. The highest BCUT2D eigenvalue weighted by molar-refractivity contribution is 5.52. The van der Waals surface area contributed by atoms with E-state index in [2.05, 4.69) is 20.1 Å². The summed E-state index contributed by atoms with van der Waals surface area (Å²) in [5.41, 5.74) is 2.76. The van der Waals surface area contributed by atoms with E-state index >= 15 is 0 Å². The summed E-state index contributed by atoms with van der Waals surface area (Å²) in [6, 6.07) is 0. The van der Waals surface area contributed by atoms with Crippen LogP contribution in [0, 0.1) is 6.92 Å². The van der Waals surface area contributed by atoms with Gasteiger partial charge in [-0.25, -0.2) is 15.0 Å². The van der Waals surface area contributed by atoms with Gasteiger partial charge in [-0.2, -0.15) is 0 Å². The summed E-state index contributed by atoms with van der Waals surface area (Å²) in [5, 5.41) is 4.04. The molecule has 0 aliphatic heterocycles. The first-order valence-electron chi connectivity index (χ1n) is 4.22. The number of nitrogens with zero attached hydrogens (tertiary/aromatic N) is 5. The maximum Gasteiger partial charge on any atom is 0.275 e. The molecule has 5 nitrogen and oxygen atoms in total. The highest BCUT2D eigenvalue weighted by atomic mass is 15.3. The van der Waals surface area contributed by atoms with Gasteiger partial charge in [-0.3, -0.25) is 0 Å². The largest absolute Gasteiger partial charge is 0.275 e. The quantitative estimate of drug-likeness (QED) is 0.594. The summed E-state index contributed by atoms with van der Waals surface area (Å²) < 4.78 is 1.74. The Hall–Kier alpha value is -1.91. The minimum atomic E-state index is 0.864. The molecule has 0 radical (unpaired) electrons. The topological polar surface area (TPSA) is 55.4 Å². The molecule has 2 heterocycles. The Morgan fingerprint density at radius 3 is 2.64 bits per heavy atom. The lowest BCUT2D eigenvalue weighted by Crippen LogP contribution is -2.35. The molecule has 2 rings (SSSR count). The highest BCUT2D eigenvalue weighted by Crippen LogP contribution is 2.13. The minimum absolute atomic E-state index is 0.864. The molecule has 0 N–H and O–H groups in total. The molecular formula is C9H10N5+. The second kappa shape index (κ2) is 3.45. The van der Waals surface area contributed by atoms with E-state index < -0.39 is 0 Å². The average Bonchev–Trinajstić information content (AvgIpc) is 2.20. The summed E-state index contributed by atoms with van der Waals surface area (Å²) >= 11 is 0. The molecule has 14 heavy (non-hydrogen) atoms. The van der Waals surface area contributed by atoms with Gasteiger partial charge in [0.15, 0.2) is 13.4 Å². The van der Waals surface area contributed by atoms with Crippen molar-refractivity contribution in [3.8, 4) is 11.4 Å². The first kappa shape index (κ1) is 8.68. The predicted octanol–water partition coefficient (Wildman–Crippen LogP) is 0.0665. The number of rotatable bonds is 1. The van der Waals surface area contributed by atoms with Gasteiger partial charge in [0.05, 0.1) is 0 Å². The minimum Gasteiger partial charge on any atom is -0.244 e. The maximum atomic E-state index is 4.20. The van der Waals surface area contributed by atoms with Crippen molar-refractivity contribution in [2.24, 2.45) is 7.05 Å². The van der Waals surface area contributed by atoms with Gasteiger partial charge in [0, 0.05) is 16.9 Å². The molecule has 0 fully saturated rings. The molecule has 2 aromatic heterocycles.